The molecule has 3 fully saturated rings. The maximum absolute atomic E-state index is 6.02. The van der Waals surface area contributed by atoms with Crippen molar-refractivity contribution >= 4 is 11.3 Å². The lowest BCUT2D eigenvalue weighted by atomic mass is 9.46. The van der Waals surface area contributed by atoms with E-state index in [0.717, 1.165) is 12.5 Å². The number of aryl methyl sites for hydroxylation is 2. The fourth-order valence-corrected chi connectivity index (χ4v) is 6.40. The van der Waals surface area contributed by atoms with E-state index in [2.05, 4.69) is 12.2 Å². The van der Waals surface area contributed by atoms with Gasteiger partial charge in [0.2, 0.25) is 0 Å². The second-order valence-electron chi connectivity index (χ2n) is 7.47. The zero-order chi connectivity index (χ0) is 14.0. The number of aromatic nitrogens is 1. The van der Waals surface area contributed by atoms with E-state index in [0.29, 0.717) is 23.6 Å². The van der Waals surface area contributed by atoms with E-state index >= 15 is 0 Å². The summed E-state index contributed by atoms with van der Waals surface area (Å²) in [5.74, 6) is 0.763. The van der Waals surface area contributed by atoms with Crippen LogP contribution in [0.1, 0.15) is 60.6 Å². The number of nitrogens with one attached hydrogen (secondary N) is 1. The Kier molecular flexibility index (Phi) is 2.81. The van der Waals surface area contributed by atoms with Crippen LogP contribution in [0.4, 0.5) is 0 Å². The first-order valence-electron chi connectivity index (χ1n) is 8.64. The van der Waals surface area contributed by atoms with Crippen molar-refractivity contribution in [3.05, 3.63) is 15.6 Å². The molecule has 1 N–H and O–H groups in total. The van der Waals surface area contributed by atoms with Crippen LogP contribution in [0.2, 0.25) is 0 Å². The molecule has 3 aliphatic carbocycles. The Morgan fingerprint density at radius 1 is 1.33 bits per heavy atom. The Balaban J connectivity index is 1.34. The molecule has 1 aromatic heterocycles. The first-order chi connectivity index (χ1) is 10.3. The lowest BCUT2D eigenvalue weighted by Gasteiger charge is -2.64. The summed E-state index contributed by atoms with van der Waals surface area (Å²) in [5.41, 5.74) is 1.87. The van der Waals surface area contributed by atoms with E-state index < -0.39 is 0 Å². The van der Waals surface area contributed by atoms with E-state index in [1.807, 2.05) is 11.3 Å². The van der Waals surface area contributed by atoms with E-state index in [1.54, 1.807) is 4.88 Å². The molecule has 4 heteroatoms. The summed E-state index contributed by atoms with van der Waals surface area (Å²) in [6.07, 6.45) is 9.71. The molecule has 1 aliphatic heterocycles. The number of thiazole rings is 1. The number of hydrogen-bond donors (Lipinski definition) is 1. The minimum absolute atomic E-state index is 0.407. The molecular formula is C17H24N2OS. The molecule has 1 spiro atoms. The predicted molar refractivity (Wildman–Crippen MR) is 83.6 cm³/mol. The zero-order valence-electron chi connectivity index (χ0n) is 12.7. The molecule has 4 aliphatic rings. The molecule has 2 heterocycles. The topological polar surface area (TPSA) is 34.1 Å². The van der Waals surface area contributed by atoms with Crippen molar-refractivity contribution in [1.29, 1.82) is 0 Å². The Morgan fingerprint density at radius 2 is 2.24 bits per heavy atom. The van der Waals surface area contributed by atoms with Gasteiger partial charge in [0.05, 0.1) is 17.8 Å². The van der Waals surface area contributed by atoms with Gasteiger partial charge in [0.25, 0.3) is 0 Å². The average molecular weight is 304 g/mol. The van der Waals surface area contributed by atoms with Crippen LogP contribution in [0.5, 0.6) is 0 Å². The summed E-state index contributed by atoms with van der Waals surface area (Å²) in [6, 6.07) is 1.08. The van der Waals surface area contributed by atoms with Crippen LogP contribution in [-0.2, 0) is 17.6 Å². The van der Waals surface area contributed by atoms with Crippen LogP contribution < -0.4 is 5.32 Å². The van der Waals surface area contributed by atoms with Crippen LogP contribution in [0.15, 0.2) is 0 Å². The van der Waals surface area contributed by atoms with Crippen molar-refractivity contribution < 1.29 is 4.74 Å². The van der Waals surface area contributed by atoms with Gasteiger partial charge in [-0.15, -0.1) is 11.3 Å². The molecule has 21 heavy (non-hydrogen) atoms. The Bertz CT molecular complexity index is 544. The van der Waals surface area contributed by atoms with Crippen LogP contribution in [0.3, 0.4) is 0 Å². The number of fused-ring (bicyclic) bond motifs is 3. The van der Waals surface area contributed by atoms with Gasteiger partial charge < -0.3 is 10.1 Å². The van der Waals surface area contributed by atoms with Gasteiger partial charge in [0.1, 0.15) is 5.01 Å². The van der Waals surface area contributed by atoms with Crippen molar-refractivity contribution in [2.45, 2.75) is 70.1 Å². The minimum atomic E-state index is 0.407. The standard InChI is InChI=1S/C17H24N2OS/c1-10(16-19-12-4-2-5-13(12)21-16)18-14-11-6-9-20-15(11)17(14)7-3-8-17/h10-11,14-15,18H,2-9H2,1H3/t10-,11+,14+,15-/m0/s1. The Hall–Kier alpha value is -0.450. The molecule has 0 amide bonds. The monoisotopic (exact) mass is 304 g/mol. The molecule has 4 atom stereocenters. The van der Waals surface area contributed by atoms with Gasteiger partial charge in [-0.25, -0.2) is 4.98 Å². The third-order valence-corrected chi connectivity index (χ3v) is 7.79. The number of ether oxygens (including phenoxy) is 1. The number of nitrogens with zero attached hydrogens (tertiary/aromatic N) is 1. The highest BCUT2D eigenvalue weighted by atomic mass is 32.1. The van der Waals surface area contributed by atoms with Gasteiger partial charge in [-0.3, -0.25) is 0 Å². The molecule has 3 nitrogen and oxygen atoms in total. The lowest BCUT2D eigenvalue weighted by Crippen LogP contribution is -2.71. The Labute approximate surface area is 130 Å². The molecule has 1 aromatic rings. The molecular weight excluding hydrogens is 280 g/mol. The summed E-state index contributed by atoms with van der Waals surface area (Å²) >= 11 is 1.95. The minimum Gasteiger partial charge on any atom is -0.377 e. The van der Waals surface area contributed by atoms with Gasteiger partial charge >= 0.3 is 0 Å². The maximum Gasteiger partial charge on any atom is 0.110 e. The third-order valence-electron chi connectivity index (χ3n) is 6.45. The fourth-order valence-electron chi connectivity index (χ4n) is 5.23. The molecule has 1 saturated heterocycles. The van der Waals surface area contributed by atoms with Gasteiger partial charge in [0, 0.05) is 28.9 Å². The van der Waals surface area contributed by atoms with E-state index in [9.17, 15) is 0 Å². The molecule has 0 aromatic carbocycles. The first-order valence-corrected chi connectivity index (χ1v) is 9.46. The third kappa shape index (κ3) is 1.70. The largest absolute Gasteiger partial charge is 0.377 e. The van der Waals surface area contributed by atoms with Crippen LogP contribution in [0.25, 0.3) is 0 Å². The SMILES string of the molecule is C[C@H](N[C@@H]1[C@H]2CCO[C@@H]2C12CCC2)c1nc2c(s1)CCC2. The van der Waals surface area contributed by atoms with Crippen LogP contribution in [0, 0.1) is 11.3 Å². The highest BCUT2D eigenvalue weighted by Gasteiger charge is 2.66. The maximum atomic E-state index is 6.02. The number of rotatable bonds is 3. The molecule has 0 bridgehead atoms. The predicted octanol–water partition coefficient (Wildman–Crippen LogP) is 3.24. The van der Waals surface area contributed by atoms with Gasteiger partial charge in [0.15, 0.2) is 0 Å². The summed E-state index contributed by atoms with van der Waals surface area (Å²) < 4.78 is 6.02. The summed E-state index contributed by atoms with van der Waals surface area (Å²) in [6.45, 7) is 3.29. The van der Waals surface area contributed by atoms with E-state index in [4.69, 9.17) is 9.72 Å². The van der Waals surface area contributed by atoms with Gasteiger partial charge in [-0.1, -0.05) is 6.42 Å². The van der Waals surface area contributed by atoms with Crippen molar-refractivity contribution in [2.75, 3.05) is 6.61 Å². The van der Waals surface area contributed by atoms with Gasteiger partial charge in [-0.05, 0) is 45.4 Å². The molecule has 5 rings (SSSR count). The smallest absolute Gasteiger partial charge is 0.110 e. The Morgan fingerprint density at radius 3 is 3.00 bits per heavy atom. The van der Waals surface area contributed by atoms with Crippen molar-refractivity contribution in [3.8, 4) is 0 Å². The van der Waals surface area contributed by atoms with Crippen LogP contribution >= 0.6 is 11.3 Å². The second-order valence-corrected chi connectivity index (χ2v) is 8.59. The molecule has 2 saturated carbocycles. The van der Waals surface area contributed by atoms with Crippen molar-refractivity contribution in [1.82, 2.24) is 10.3 Å². The van der Waals surface area contributed by atoms with Crippen molar-refractivity contribution in [3.63, 3.8) is 0 Å². The molecule has 0 unspecified atom stereocenters. The normalized spacial score (nSPS) is 36.9. The average Bonchev–Trinajstić information content (AvgIpc) is 3.07. The first kappa shape index (κ1) is 13.0. The number of hydrogen-bond acceptors (Lipinski definition) is 4. The van der Waals surface area contributed by atoms with E-state index in [-0.39, 0.29) is 0 Å². The fraction of sp³-hybridized carbons (Fsp3) is 0.824. The summed E-state index contributed by atoms with van der Waals surface area (Å²) in [7, 11) is 0. The molecule has 114 valence electrons. The van der Waals surface area contributed by atoms with E-state index in [1.165, 1.54) is 55.6 Å². The molecule has 0 radical (unpaired) electrons. The summed E-state index contributed by atoms with van der Waals surface area (Å²) in [5, 5.41) is 5.27. The highest BCUT2D eigenvalue weighted by Crippen LogP contribution is 2.63. The van der Waals surface area contributed by atoms with Crippen LogP contribution in [-0.4, -0.2) is 23.7 Å². The van der Waals surface area contributed by atoms with Gasteiger partial charge in [-0.2, -0.15) is 0 Å². The summed E-state index contributed by atoms with van der Waals surface area (Å²) in [4.78, 5) is 6.45. The second kappa shape index (κ2) is 4.53. The van der Waals surface area contributed by atoms with Crippen molar-refractivity contribution in [2.24, 2.45) is 11.3 Å². The quantitative estimate of drug-likeness (QED) is 0.931. The lowest BCUT2D eigenvalue weighted by molar-refractivity contribution is -0.178. The highest BCUT2D eigenvalue weighted by molar-refractivity contribution is 7.11. The zero-order valence-corrected chi connectivity index (χ0v) is 13.5.